The Hall–Kier alpha value is -1.02. The Balaban J connectivity index is 1.97. The molecule has 1 atom stereocenters. The van der Waals surface area contributed by atoms with E-state index in [0.717, 1.165) is 6.54 Å². The molecule has 100 valence electrons. The smallest absolute Gasteiger partial charge is 0.0373 e. The van der Waals surface area contributed by atoms with Crippen molar-refractivity contribution in [2.45, 2.75) is 52.0 Å². The van der Waals surface area contributed by atoms with Crippen molar-refractivity contribution in [3.63, 3.8) is 0 Å². The van der Waals surface area contributed by atoms with Gasteiger partial charge in [-0.05, 0) is 49.4 Å². The van der Waals surface area contributed by atoms with E-state index in [1.54, 1.807) is 0 Å². The third kappa shape index (κ3) is 3.49. The summed E-state index contributed by atoms with van der Waals surface area (Å²) >= 11 is 0. The maximum atomic E-state index is 3.62. The zero-order valence-corrected chi connectivity index (χ0v) is 11.9. The number of aryl methyl sites for hydroxylation is 1. The molecule has 2 heteroatoms. The van der Waals surface area contributed by atoms with Gasteiger partial charge in [-0.25, -0.2) is 0 Å². The summed E-state index contributed by atoms with van der Waals surface area (Å²) in [6, 6.07) is 7.42. The Bertz CT molecular complexity index is 379. The van der Waals surface area contributed by atoms with Crippen molar-refractivity contribution in [1.29, 1.82) is 0 Å². The Kier molecular flexibility index (Phi) is 4.65. The van der Waals surface area contributed by atoms with Crippen molar-refractivity contribution in [1.82, 2.24) is 5.32 Å². The fourth-order valence-electron chi connectivity index (χ4n) is 2.52. The first kappa shape index (κ1) is 13.4. The Labute approximate surface area is 111 Å². The molecule has 0 aliphatic carbocycles. The minimum atomic E-state index is 0.596. The number of nitrogens with one attached hydrogen (secondary N) is 2. The second-order valence-corrected chi connectivity index (χ2v) is 5.76. The van der Waals surface area contributed by atoms with Crippen LogP contribution >= 0.6 is 0 Å². The second kappa shape index (κ2) is 6.24. The normalized spacial score (nSPS) is 20.1. The van der Waals surface area contributed by atoms with E-state index < -0.39 is 0 Å². The van der Waals surface area contributed by atoms with Gasteiger partial charge >= 0.3 is 0 Å². The number of anilines is 1. The van der Waals surface area contributed by atoms with Crippen molar-refractivity contribution >= 4 is 5.69 Å². The monoisotopic (exact) mass is 246 g/mol. The van der Waals surface area contributed by atoms with Gasteiger partial charge in [-0.1, -0.05) is 32.4 Å². The van der Waals surface area contributed by atoms with Gasteiger partial charge in [0.1, 0.15) is 0 Å². The summed E-state index contributed by atoms with van der Waals surface area (Å²) < 4.78 is 0. The third-order valence-electron chi connectivity index (χ3n) is 3.88. The van der Waals surface area contributed by atoms with Crippen LogP contribution in [0.15, 0.2) is 18.2 Å². The fraction of sp³-hybridized carbons (Fsp3) is 0.625. The highest BCUT2D eigenvalue weighted by Crippen LogP contribution is 2.22. The molecule has 0 saturated carbocycles. The van der Waals surface area contributed by atoms with Gasteiger partial charge in [0.05, 0.1) is 0 Å². The lowest BCUT2D eigenvalue weighted by molar-refractivity contribution is 0.414. The molecule has 2 N–H and O–H groups in total. The van der Waals surface area contributed by atoms with Crippen LogP contribution in [0.2, 0.25) is 0 Å². The topological polar surface area (TPSA) is 24.1 Å². The van der Waals surface area contributed by atoms with E-state index in [4.69, 9.17) is 0 Å². The Morgan fingerprint density at radius 2 is 2.17 bits per heavy atom. The quantitative estimate of drug-likeness (QED) is 0.847. The van der Waals surface area contributed by atoms with E-state index in [-0.39, 0.29) is 0 Å². The van der Waals surface area contributed by atoms with Gasteiger partial charge in [0.2, 0.25) is 0 Å². The molecule has 0 amide bonds. The number of rotatable bonds is 4. The second-order valence-electron chi connectivity index (χ2n) is 5.76. The summed E-state index contributed by atoms with van der Waals surface area (Å²) in [7, 11) is 0. The molecule has 0 spiro atoms. The molecule has 1 aromatic carbocycles. The van der Waals surface area contributed by atoms with Crippen LogP contribution in [0.5, 0.6) is 0 Å². The minimum Gasteiger partial charge on any atom is -0.383 e. The molecule has 1 aliphatic heterocycles. The zero-order valence-electron chi connectivity index (χ0n) is 11.9. The molecule has 1 saturated heterocycles. The van der Waals surface area contributed by atoms with Gasteiger partial charge in [0, 0.05) is 18.3 Å². The summed E-state index contributed by atoms with van der Waals surface area (Å²) in [5.41, 5.74) is 4.06. The van der Waals surface area contributed by atoms with Crippen LogP contribution in [-0.2, 0) is 0 Å². The number of hydrogen-bond donors (Lipinski definition) is 2. The highest BCUT2D eigenvalue weighted by molar-refractivity contribution is 5.53. The average Bonchev–Trinajstić information content (AvgIpc) is 2.38. The highest BCUT2D eigenvalue weighted by Gasteiger charge is 2.12. The average molecular weight is 246 g/mol. The Morgan fingerprint density at radius 1 is 1.33 bits per heavy atom. The highest BCUT2D eigenvalue weighted by atomic mass is 15.0. The van der Waals surface area contributed by atoms with Gasteiger partial charge < -0.3 is 10.6 Å². The van der Waals surface area contributed by atoms with Gasteiger partial charge in [-0.15, -0.1) is 0 Å². The van der Waals surface area contributed by atoms with Crippen LogP contribution in [0.3, 0.4) is 0 Å². The van der Waals surface area contributed by atoms with Crippen LogP contribution in [0, 0.1) is 6.92 Å². The molecular weight excluding hydrogens is 220 g/mol. The number of piperidine rings is 1. The number of benzene rings is 1. The predicted molar refractivity (Wildman–Crippen MR) is 79.4 cm³/mol. The van der Waals surface area contributed by atoms with E-state index in [0.29, 0.717) is 12.0 Å². The van der Waals surface area contributed by atoms with Crippen LogP contribution in [0.4, 0.5) is 5.69 Å². The van der Waals surface area contributed by atoms with E-state index in [1.165, 1.54) is 42.6 Å². The first-order valence-corrected chi connectivity index (χ1v) is 7.24. The van der Waals surface area contributed by atoms with Crippen molar-refractivity contribution in [2.24, 2.45) is 0 Å². The lowest BCUT2D eigenvalue weighted by atomic mass is 10.00. The van der Waals surface area contributed by atoms with E-state index in [1.807, 2.05) is 0 Å². The summed E-state index contributed by atoms with van der Waals surface area (Å²) in [4.78, 5) is 0. The molecule has 1 heterocycles. The van der Waals surface area contributed by atoms with E-state index >= 15 is 0 Å². The van der Waals surface area contributed by atoms with Crippen molar-refractivity contribution in [2.75, 3.05) is 18.4 Å². The number of hydrogen-bond acceptors (Lipinski definition) is 2. The summed E-state index contributed by atoms with van der Waals surface area (Å²) in [5, 5.41) is 7.20. The van der Waals surface area contributed by atoms with Crippen molar-refractivity contribution in [3.05, 3.63) is 29.3 Å². The maximum Gasteiger partial charge on any atom is 0.0373 e. The zero-order chi connectivity index (χ0) is 13.0. The van der Waals surface area contributed by atoms with Crippen LogP contribution in [-0.4, -0.2) is 19.1 Å². The SMILES string of the molecule is Cc1ccc(C(C)C)cc1NCC1CCCCN1. The molecule has 1 aliphatic rings. The minimum absolute atomic E-state index is 0.596. The molecule has 0 bridgehead atoms. The summed E-state index contributed by atoms with van der Waals surface area (Å²) in [6.07, 6.45) is 4.00. The molecule has 1 fully saturated rings. The van der Waals surface area contributed by atoms with E-state index in [9.17, 15) is 0 Å². The Morgan fingerprint density at radius 3 is 2.83 bits per heavy atom. The van der Waals surface area contributed by atoms with Gasteiger partial charge in [0.25, 0.3) is 0 Å². The lowest BCUT2D eigenvalue weighted by Gasteiger charge is -2.24. The first-order valence-electron chi connectivity index (χ1n) is 7.24. The molecule has 18 heavy (non-hydrogen) atoms. The maximum absolute atomic E-state index is 3.62. The van der Waals surface area contributed by atoms with Crippen molar-refractivity contribution in [3.8, 4) is 0 Å². The lowest BCUT2D eigenvalue weighted by Crippen LogP contribution is -2.39. The summed E-state index contributed by atoms with van der Waals surface area (Å²) in [6.45, 7) is 8.90. The van der Waals surface area contributed by atoms with Crippen LogP contribution in [0.25, 0.3) is 0 Å². The third-order valence-corrected chi connectivity index (χ3v) is 3.88. The first-order chi connectivity index (χ1) is 8.66. The summed E-state index contributed by atoms with van der Waals surface area (Å²) in [5.74, 6) is 0.596. The molecule has 2 nitrogen and oxygen atoms in total. The predicted octanol–water partition coefficient (Wildman–Crippen LogP) is 3.67. The van der Waals surface area contributed by atoms with Gasteiger partial charge in [-0.3, -0.25) is 0 Å². The standard InChI is InChI=1S/C16H26N2/c1-12(2)14-8-7-13(3)16(10-14)18-11-15-6-4-5-9-17-15/h7-8,10,12,15,17-18H,4-6,9,11H2,1-3H3. The van der Waals surface area contributed by atoms with Gasteiger partial charge in [0.15, 0.2) is 0 Å². The van der Waals surface area contributed by atoms with Crippen molar-refractivity contribution < 1.29 is 0 Å². The molecule has 1 unspecified atom stereocenters. The van der Waals surface area contributed by atoms with Crippen LogP contribution < -0.4 is 10.6 Å². The molecule has 1 aromatic rings. The van der Waals surface area contributed by atoms with E-state index in [2.05, 4.69) is 49.6 Å². The fourth-order valence-corrected chi connectivity index (χ4v) is 2.52. The largest absolute Gasteiger partial charge is 0.383 e. The van der Waals surface area contributed by atoms with Crippen LogP contribution in [0.1, 0.15) is 50.2 Å². The molecule has 2 rings (SSSR count). The molecule has 0 radical (unpaired) electrons. The molecular formula is C16H26N2. The van der Waals surface area contributed by atoms with Gasteiger partial charge in [-0.2, -0.15) is 0 Å². The molecule has 0 aromatic heterocycles.